The number of benzene rings is 2. The fourth-order valence-corrected chi connectivity index (χ4v) is 3.33. The van der Waals surface area contributed by atoms with E-state index in [4.69, 9.17) is 21.1 Å². The molecule has 7 nitrogen and oxygen atoms in total. The lowest BCUT2D eigenvalue weighted by molar-refractivity contribution is 0.0939. The van der Waals surface area contributed by atoms with Gasteiger partial charge in [-0.05, 0) is 43.3 Å². The molecule has 9 heteroatoms. The van der Waals surface area contributed by atoms with Crippen LogP contribution in [-0.2, 0) is 10.0 Å². The van der Waals surface area contributed by atoms with Crippen molar-refractivity contribution in [3.63, 3.8) is 0 Å². The Morgan fingerprint density at radius 2 is 1.81 bits per heavy atom. The molecule has 0 aromatic heterocycles. The third-order valence-corrected chi connectivity index (χ3v) is 4.69. The van der Waals surface area contributed by atoms with Crippen LogP contribution in [0.15, 0.2) is 36.4 Å². The van der Waals surface area contributed by atoms with Gasteiger partial charge in [0.15, 0.2) is 0 Å². The van der Waals surface area contributed by atoms with E-state index in [0.29, 0.717) is 11.5 Å². The zero-order chi connectivity index (χ0) is 20.2. The van der Waals surface area contributed by atoms with E-state index in [1.54, 1.807) is 32.4 Å². The van der Waals surface area contributed by atoms with Gasteiger partial charge >= 0.3 is 0 Å². The second kappa shape index (κ2) is 8.49. The molecule has 0 heterocycles. The maximum Gasteiger partial charge on any atom is 0.253 e. The average molecular weight is 413 g/mol. The van der Waals surface area contributed by atoms with Crippen molar-refractivity contribution < 1.29 is 22.7 Å². The number of hydrogen-bond donors (Lipinski definition) is 2. The predicted octanol–water partition coefficient (Wildman–Crippen LogP) is 3.22. The molecule has 0 aliphatic carbocycles. The fraction of sp³-hybridized carbons (Fsp3) is 0.278. The van der Waals surface area contributed by atoms with Crippen LogP contribution in [-0.4, -0.2) is 34.8 Å². The van der Waals surface area contributed by atoms with Crippen molar-refractivity contribution in [3.05, 3.63) is 52.5 Å². The van der Waals surface area contributed by atoms with Crippen LogP contribution in [0.4, 0.5) is 5.69 Å². The molecule has 146 valence electrons. The first-order chi connectivity index (χ1) is 12.6. The number of hydrogen-bond acceptors (Lipinski definition) is 5. The van der Waals surface area contributed by atoms with E-state index in [9.17, 15) is 13.2 Å². The number of rotatable bonds is 7. The Hall–Kier alpha value is -2.45. The van der Waals surface area contributed by atoms with Gasteiger partial charge < -0.3 is 14.8 Å². The number of amides is 1. The molecule has 0 saturated heterocycles. The van der Waals surface area contributed by atoms with Gasteiger partial charge in [0.1, 0.15) is 11.5 Å². The lowest BCUT2D eigenvalue weighted by Gasteiger charge is -2.19. The van der Waals surface area contributed by atoms with E-state index in [1.807, 2.05) is 6.92 Å². The Kier molecular flexibility index (Phi) is 6.56. The molecular formula is C18H21ClN2O5S. The molecule has 0 aliphatic heterocycles. The summed E-state index contributed by atoms with van der Waals surface area (Å²) < 4.78 is 35.5. The van der Waals surface area contributed by atoms with Crippen molar-refractivity contribution in [2.24, 2.45) is 0 Å². The van der Waals surface area contributed by atoms with Crippen LogP contribution in [0.3, 0.4) is 0 Å². The molecule has 27 heavy (non-hydrogen) atoms. The molecule has 0 aliphatic rings. The summed E-state index contributed by atoms with van der Waals surface area (Å²) in [6, 6.07) is 9.24. The molecule has 0 radical (unpaired) electrons. The maximum absolute atomic E-state index is 12.6. The van der Waals surface area contributed by atoms with Gasteiger partial charge in [0, 0.05) is 11.3 Å². The van der Waals surface area contributed by atoms with E-state index in [0.717, 1.165) is 11.8 Å². The number of sulfonamides is 1. The number of nitrogens with one attached hydrogen (secondary N) is 2. The maximum atomic E-state index is 12.6. The van der Waals surface area contributed by atoms with Crippen molar-refractivity contribution in [2.45, 2.75) is 13.0 Å². The Morgan fingerprint density at radius 3 is 2.37 bits per heavy atom. The number of anilines is 1. The predicted molar refractivity (Wildman–Crippen MR) is 105 cm³/mol. The Labute approximate surface area is 163 Å². The minimum absolute atomic E-state index is 0.131. The normalized spacial score (nSPS) is 12.2. The Balaban J connectivity index is 2.22. The molecule has 2 N–H and O–H groups in total. The van der Waals surface area contributed by atoms with E-state index in [2.05, 4.69) is 10.0 Å². The minimum Gasteiger partial charge on any atom is -0.497 e. The van der Waals surface area contributed by atoms with Crippen LogP contribution in [0, 0.1) is 0 Å². The lowest BCUT2D eigenvalue weighted by atomic mass is 10.1. The first-order valence-corrected chi connectivity index (χ1v) is 10.2. The van der Waals surface area contributed by atoms with Gasteiger partial charge in [0.2, 0.25) is 10.0 Å². The van der Waals surface area contributed by atoms with Crippen molar-refractivity contribution >= 4 is 33.2 Å². The standard InChI is InChI=1S/C18H21ClN2O5S/c1-11(15-10-13(25-2)6-8-17(15)26-3)20-18(22)14-7-5-12(9-16(14)19)21-27(4,23)24/h5-11,21H,1-4H3,(H,20,22). The third kappa shape index (κ3) is 5.51. The van der Waals surface area contributed by atoms with Crippen LogP contribution in [0.2, 0.25) is 5.02 Å². The van der Waals surface area contributed by atoms with E-state index in [1.165, 1.54) is 18.2 Å². The zero-order valence-corrected chi connectivity index (χ0v) is 16.9. The highest BCUT2D eigenvalue weighted by atomic mass is 35.5. The van der Waals surface area contributed by atoms with Crippen molar-refractivity contribution in [3.8, 4) is 11.5 Å². The zero-order valence-electron chi connectivity index (χ0n) is 15.4. The van der Waals surface area contributed by atoms with E-state index in [-0.39, 0.29) is 22.3 Å². The van der Waals surface area contributed by atoms with E-state index >= 15 is 0 Å². The fourth-order valence-electron chi connectivity index (χ4n) is 2.51. The monoisotopic (exact) mass is 412 g/mol. The van der Waals surface area contributed by atoms with Crippen LogP contribution in [0.5, 0.6) is 11.5 Å². The van der Waals surface area contributed by atoms with Gasteiger partial charge in [-0.15, -0.1) is 0 Å². The molecule has 1 atom stereocenters. The second-order valence-corrected chi connectivity index (χ2v) is 8.03. The van der Waals surface area contributed by atoms with Crippen LogP contribution < -0.4 is 19.5 Å². The molecule has 0 saturated carbocycles. The van der Waals surface area contributed by atoms with Crippen LogP contribution in [0.1, 0.15) is 28.9 Å². The highest BCUT2D eigenvalue weighted by Crippen LogP contribution is 2.30. The van der Waals surface area contributed by atoms with Crippen LogP contribution in [0.25, 0.3) is 0 Å². The summed E-state index contributed by atoms with van der Waals surface area (Å²) in [7, 11) is -0.329. The number of carbonyl (C=O) groups excluding carboxylic acids is 1. The van der Waals surface area contributed by atoms with Gasteiger partial charge in [-0.2, -0.15) is 0 Å². The summed E-state index contributed by atoms with van der Waals surface area (Å²) in [6.45, 7) is 1.81. The Morgan fingerprint density at radius 1 is 1.11 bits per heavy atom. The number of ether oxygens (including phenoxy) is 2. The van der Waals surface area contributed by atoms with Gasteiger partial charge in [-0.25, -0.2) is 8.42 Å². The summed E-state index contributed by atoms with van der Waals surface area (Å²) in [4.78, 5) is 12.6. The molecule has 0 bridgehead atoms. The second-order valence-electron chi connectivity index (χ2n) is 5.87. The van der Waals surface area contributed by atoms with Gasteiger partial charge in [0.05, 0.1) is 37.1 Å². The highest BCUT2D eigenvalue weighted by Gasteiger charge is 2.18. The quantitative estimate of drug-likeness (QED) is 0.728. The molecule has 2 aromatic rings. The smallest absolute Gasteiger partial charge is 0.253 e. The molecule has 1 amide bonds. The molecule has 0 spiro atoms. The summed E-state index contributed by atoms with van der Waals surface area (Å²) in [5.41, 5.74) is 1.25. The summed E-state index contributed by atoms with van der Waals surface area (Å²) in [5, 5.41) is 2.98. The average Bonchev–Trinajstić information content (AvgIpc) is 2.59. The molecule has 1 unspecified atom stereocenters. The van der Waals surface area contributed by atoms with Crippen molar-refractivity contribution in [1.82, 2.24) is 5.32 Å². The molecule has 0 fully saturated rings. The number of carbonyl (C=O) groups is 1. The number of halogens is 1. The first kappa shape index (κ1) is 20.9. The molecule has 2 rings (SSSR count). The van der Waals surface area contributed by atoms with Gasteiger partial charge in [-0.1, -0.05) is 11.6 Å². The van der Waals surface area contributed by atoms with Crippen molar-refractivity contribution in [2.75, 3.05) is 25.2 Å². The van der Waals surface area contributed by atoms with E-state index < -0.39 is 15.9 Å². The summed E-state index contributed by atoms with van der Waals surface area (Å²) in [5.74, 6) is 0.854. The third-order valence-electron chi connectivity index (χ3n) is 3.77. The first-order valence-electron chi connectivity index (χ1n) is 7.94. The molecular weight excluding hydrogens is 392 g/mol. The topological polar surface area (TPSA) is 93.7 Å². The molecule has 2 aromatic carbocycles. The Bertz CT molecular complexity index is 947. The van der Waals surface area contributed by atoms with Gasteiger partial charge in [0.25, 0.3) is 5.91 Å². The number of methoxy groups -OCH3 is 2. The largest absolute Gasteiger partial charge is 0.497 e. The van der Waals surface area contributed by atoms with Crippen molar-refractivity contribution in [1.29, 1.82) is 0 Å². The SMILES string of the molecule is COc1ccc(OC)c(C(C)NC(=O)c2ccc(NS(C)(=O)=O)cc2Cl)c1. The minimum atomic E-state index is -3.43. The highest BCUT2D eigenvalue weighted by molar-refractivity contribution is 7.92. The lowest BCUT2D eigenvalue weighted by Crippen LogP contribution is -2.27. The summed E-state index contributed by atoms with van der Waals surface area (Å²) in [6.07, 6.45) is 1.03. The van der Waals surface area contributed by atoms with Gasteiger partial charge in [-0.3, -0.25) is 9.52 Å². The summed E-state index contributed by atoms with van der Waals surface area (Å²) >= 11 is 6.15. The van der Waals surface area contributed by atoms with Crippen LogP contribution >= 0.6 is 11.6 Å².